The van der Waals surface area contributed by atoms with Gasteiger partial charge >= 0.3 is 0 Å². The molecule has 1 unspecified atom stereocenters. The molecule has 1 saturated heterocycles. The number of benzene rings is 1. The van der Waals surface area contributed by atoms with Crippen LogP contribution in [-0.4, -0.2) is 60.4 Å². The molecule has 1 aromatic rings. The quantitative estimate of drug-likeness (QED) is 0.851. The monoisotopic (exact) mass is 333 g/mol. The van der Waals surface area contributed by atoms with Gasteiger partial charge in [-0.05, 0) is 31.5 Å². The lowest BCUT2D eigenvalue weighted by atomic mass is 10.2. The first-order valence-electron chi connectivity index (χ1n) is 8.49. The molecule has 0 radical (unpaired) electrons. The maximum absolute atomic E-state index is 12.3. The smallest absolute Gasteiger partial charge is 0.244 e. The lowest BCUT2D eigenvalue weighted by Crippen LogP contribution is -2.53. The molecule has 0 aromatic heterocycles. The molecule has 2 rings (SSSR count). The van der Waals surface area contributed by atoms with Gasteiger partial charge in [0, 0.05) is 39.6 Å². The number of hydrogen-bond donors (Lipinski definition) is 1. The van der Waals surface area contributed by atoms with Gasteiger partial charge in [-0.15, -0.1) is 0 Å². The standard InChI is InChI=1S/C18H27N3O3/c1-4-24-17-7-5-16(6-8-17)13-20-9-11-21(12-10-20)18(23)14(2)19-15(3)22/h5-8,14H,4,9-13H2,1-3H3,(H,19,22). The van der Waals surface area contributed by atoms with Crippen LogP contribution in [0.15, 0.2) is 24.3 Å². The van der Waals surface area contributed by atoms with Crippen molar-refractivity contribution in [2.75, 3.05) is 32.8 Å². The van der Waals surface area contributed by atoms with Crippen molar-refractivity contribution in [3.8, 4) is 5.75 Å². The van der Waals surface area contributed by atoms with Crippen molar-refractivity contribution in [1.82, 2.24) is 15.1 Å². The van der Waals surface area contributed by atoms with Gasteiger partial charge in [-0.3, -0.25) is 14.5 Å². The van der Waals surface area contributed by atoms with Crippen LogP contribution in [0.1, 0.15) is 26.3 Å². The summed E-state index contributed by atoms with van der Waals surface area (Å²) in [5.41, 5.74) is 1.24. The molecule has 1 N–H and O–H groups in total. The summed E-state index contributed by atoms with van der Waals surface area (Å²) in [5, 5.41) is 2.65. The van der Waals surface area contributed by atoms with Gasteiger partial charge < -0.3 is 15.0 Å². The van der Waals surface area contributed by atoms with Crippen molar-refractivity contribution < 1.29 is 14.3 Å². The molecule has 1 aliphatic rings. The van der Waals surface area contributed by atoms with E-state index < -0.39 is 6.04 Å². The zero-order valence-corrected chi connectivity index (χ0v) is 14.7. The molecule has 0 saturated carbocycles. The van der Waals surface area contributed by atoms with Gasteiger partial charge in [-0.1, -0.05) is 12.1 Å². The van der Waals surface area contributed by atoms with E-state index in [-0.39, 0.29) is 11.8 Å². The summed E-state index contributed by atoms with van der Waals surface area (Å²) in [6.07, 6.45) is 0. The Balaban J connectivity index is 1.80. The second kappa shape index (κ2) is 8.68. The third-order valence-electron chi connectivity index (χ3n) is 4.11. The van der Waals surface area contributed by atoms with Crippen LogP contribution < -0.4 is 10.1 Å². The molecule has 0 aliphatic carbocycles. The van der Waals surface area contributed by atoms with Crippen LogP contribution in [0, 0.1) is 0 Å². The van der Waals surface area contributed by atoms with E-state index in [2.05, 4.69) is 22.3 Å². The average molecular weight is 333 g/mol. The minimum Gasteiger partial charge on any atom is -0.494 e. The summed E-state index contributed by atoms with van der Waals surface area (Å²) in [6, 6.07) is 7.70. The van der Waals surface area contributed by atoms with E-state index in [1.807, 2.05) is 24.0 Å². The van der Waals surface area contributed by atoms with E-state index in [9.17, 15) is 9.59 Å². The lowest BCUT2D eigenvalue weighted by Gasteiger charge is -2.36. The maximum atomic E-state index is 12.3. The van der Waals surface area contributed by atoms with Gasteiger partial charge in [0.05, 0.1) is 6.61 Å². The molecule has 6 nitrogen and oxygen atoms in total. The Labute approximate surface area is 143 Å². The van der Waals surface area contributed by atoms with Gasteiger partial charge in [0.25, 0.3) is 0 Å². The van der Waals surface area contributed by atoms with Crippen LogP contribution in [0.2, 0.25) is 0 Å². The summed E-state index contributed by atoms with van der Waals surface area (Å²) in [6.45, 7) is 9.75. The van der Waals surface area contributed by atoms with Gasteiger partial charge in [0.1, 0.15) is 11.8 Å². The number of rotatable bonds is 6. The predicted molar refractivity (Wildman–Crippen MR) is 92.7 cm³/mol. The molecule has 132 valence electrons. The molecule has 24 heavy (non-hydrogen) atoms. The highest BCUT2D eigenvalue weighted by atomic mass is 16.5. The topological polar surface area (TPSA) is 61.9 Å². The van der Waals surface area contributed by atoms with Gasteiger partial charge in [0.15, 0.2) is 0 Å². The van der Waals surface area contributed by atoms with Gasteiger partial charge in [-0.25, -0.2) is 0 Å². The number of hydrogen-bond acceptors (Lipinski definition) is 4. The zero-order valence-electron chi connectivity index (χ0n) is 14.7. The average Bonchev–Trinajstić information content (AvgIpc) is 2.56. The third-order valence-corrected chi connectivity index (χ3v) is 4.11. The van der Waals surface area contributed by atoms with Crippen molar-refractivity contribution >= 4 is 11.8 Å². The largest absolute Gasteiger partial charge is 0.494 e. The number of piperazine rings is 1. The Morgan fingerprint density at radius 1 is 1.17 bits per heavy atom. The molecule has 1 aromatic carbocycles. The third kappa shape index (κ3) is 5.23. The highest BCUT2D eigenvalue weighted by molar-refractivity contribution is 5.86. The number of carbonyl (C=O) groups excluding carboxylic acids is 2. The van der Waals surface area contributed by atoms with E-state index in [0.717, 1.165) is 25.4 Å². The predicted octanol–water partition coefficient (Wildman–Crippen LogP) is 1.25. The summed E-state index contributed by atoms with van der Waals surface area (Å²) >= 11 is 0. The fourth-order valence-corrected chi connectivity index (χ4v) is 2.88. The summed E-state index contributed by atoms with van der Waals surface area (Å²) in [5.74, 6) is 0.708. The van der Waals surface area contributed by atoms with Gasteiger partial charge in [0.2, 0.25) is 11.8 Å². The lowest BCUT2D eigenvalue weighted by molar-refractivity contribution is -0.137. The second-order valence-electron chi connectivity index (χ2n) is 6.10. The molecule has 1 heterocycles. The van der Waals surface area contributed by atoms with Crippen molar-refractivity contribution in [2.45, 2.75) is 33.4 Å². The zero-order chi connectivity index (χ0) is 17.5. The molecule has 0 spiro atoms. The van der Waals surface area contributed by atoms with Crippen LogP contribution in [-0.2, 0) is 16.1 Å². The van der Waals surface area contributed by atoms with E-state index in [0.29, 0.717) is 19.7 Å². The van der Waals surface area contributed by atoms with Crippen LogP contribution in [0.25, 0.3) is 0 Å². The molecule has 1 aliphatic heterocycles. The summed E-state index contributed by atoms with van der Waals surface area (Å²) < 4.78 is 5.45. The van der Waals surface area contributed by atoms with Crippen molar-refractivity contribution in [3.63, 3.8) is 0 Å². The first-order valence-corrected chi connectivity index (χ1v) is 8.49. The van der Waals surface area contributed by atoms with Gasteiger partial charge in [-0.2, -0.15) is 0 Å². The van der Waals surface area contributed by atoms with E-state index in [1.165, 1.54) is 12.5 Å². The molecular weight excluding hydrogens is 306 g/mol. The summed E-state index contributed by atoms with van der Waals surface area (Å²) in [4.78, 5) is 27.5. The fraction of sp³-hybridized carbons (Fsp3) is 0.556. The number of ether oxygens (including phenoxy) is 1. The van der Waals surface area contributed by atoms with Crippen molar-refractivity contribution in [2.24, 2.45) is 0 Å². The Bertz CT molecular complexity index is 551. The summed E-state index contributed by atoms with van der Waals surface area (Å²) in [7, 11) is 0. The Hall–Kier alpha value is -2.08. The van der Waals surface area contributed by atoms with Crippen LogP contribution >= 0.6 is 0 Å². The molecule has 6 heteroatoms. The highest BCUT2D eigenvalue weighted by Gasteiger charge is 2.25. The maximum Gasteiger partial charge on any atom is 0.244 e. The first kappa shape index (κ1) is 18.3. The normalized spacial score (nSPS) is 16.5. The second-order valence-corrected chi connectivity index (χ2v) is 6.10. The fourth-order valence-electron chi connectivity index (χ4n) is 2.88. The first-order chi connectivity index (χ1) is 11.5. The van der Waals surface area contributed by atoms with E-state index >= 15 is 0 Å². The number of nitrogens with one attached hydrogen (secondary N) is 1. The van der Waals surface area contributed by atoms with Crippen LogP contribution in [0.4, 0.5) is 0 Å². The number of nitrogens with zero attached hydrogens (tertiary/aromatic N) is 2. The van der Waals surface area contributed by atoms with Crippen molar-refractivity contribution in [1.29, 1.82) is 0 Å². The highest BCUT2D eigenvalue weighted by Crippen LogP contribution is 2.15. The van der Waals surface area contributed by atoms with Crippen LogP contribution in [0.5, 0.6) is 5.75 Å². The van der Waals surface area contributed by atoms with E-state index in [1.54, 1.807) is 6.92 Å². The minimum atomic E-state index is -0.458. The molecule has 1 fully saturated rings. The molecule has 2 amide bonds. The number of amides is 2. The van der Waals surface area contributed by atoms with Crippen LogP contribution in [0.3, 0.4) is 0 Å². The molecule has 0 bridgehead atoms. The number of carbonyl (C=O) groups is 2. The van der Waals surface area contributed by atoms with Crippen molar-refractivity contribution in [3.05, 3.63) is 29.8 Å². The SMILES string of the molecule is CCOc1ccc(CN2CCN(C(=O)C(C)NC(C)=O)CC2)cc1. The minimum absolute atomic E-state index is 0.00841. The molecule has 1 atom stereocenters. The molecular formula is C18H27N3O3. The van der Waals surface area contributed by atoms with E-state index in [4.69, 9.17) is 4.74 Å². The Morgan fingerprint density at radius 2 is 1.79 bits per heavy atom. The Morgan fingerprint density at radius 3 is 2.33 bits per heavy atom. The Kier molecular flexibility index (Phi) is 6.61.